The second-order valence-electron chi connectivity index (χ2n) is 5.06. The summed E-state index contributed by atoms with van der Waals surface area (Å²) >= 11 is 0. The summed E-state index contributed by atoms with van der Waals surface area (Å²) in [4.78, 5) is 0.219. The predicted molar refractivity (Wildman–Crippen MR) is 74.3 cm³/mol. The molecule has 1 aromatic rings. The Balaban J connectivity index is 2.09. The van der Waals surface area contributed by atoms with Crippen LogP contribution in [0.15, 0.2) is 23.1 Å². The van der Waals surface area contributed by atoms with Crippen LogP contribution in [0.25, 0.3) is 0 Å². The van der Waals surface area contributed by atoms with Crippen molar-refractivity contribution < 1.29 is 13.2 Å². The van der Waals surface area contributed by atoms with E-state index in [1.807, 2.05) is 13.8 Å². The van der Waals surface area contributed by atoms with E-state index in [9.17, 15) is 8.42 Å². The molecule has 0 saturated carbocycles. The molecule has 1 fully saturated rings. The molecule has 0 amide bonds. The van der Waals surface area contributed by atoms with Crippen LogP contribution < -0.4 is 10.5 Å². The molecule has 1 heterocycles. The minimum Gasteiger partial charge on any atom is -0.399 e. The van der Waals surface area contributed by atoms with E-state index in [4.69, 9.17) is 10.5 Å². The fraction of sp³-hybridized carbons (Fsp3) is 0.538. The highest BCUT2D eigenvalue weighted by Crippen LogP contribution is 2.21. The Hall–Kier alpha value is -1.11. The van der Waals surface area contributed by atoms with E-state index in [1.54, 1.807) is 12.1 Å². The van der Waals surface area contributed by atoms with Crippen molar-refractivity contribution in [3.8, 4) is 0 Å². The first kappa shape index (κ1) is 14.3. The fourth-order valence-corrected chi connectivity index (χ4v) is 3.51. The Bertz CT molecular complexity index is 537. The average molecular weight is 284 g/mol. The third kappa shape index (κ3) is 3.46. The van der Waals surface area contributed by atoms with E-state index in [0.717, 1.165) is 12.0 Å². The lowest BCUT2D eigenvalue weighted by molar-refractivity contribution is 0.107. The average Bonchev–Trinajstić information content (AvgIpc) is 2.71. The molecule has 0 bridgehead atoms. The number of nitrogen functional groups attached to an aromatic ring is 1. The molecule has 0 radical (unpaired) electrons. The molecular formula is C13H20N2O3S. The van der Waals surface area contributed by atoms with Crippen molar-refractivity contribution in [3.05, 3.63) is 23.8 Å². The summed E-state index contributed by atoms with van der Waals surface area (Å²) in [6.07, 6.45) is 0.991. The molecule has 1 aliphatic rings. The summed E-state index contributed by atoms with van der Waals surface area (Å²) in [5.41, 5.74) is 6.97. The highest BCUT2D eigenvalue weighted by Gasteiger charge is 2.26. The molecule has 3 N–H and O–H groups in total. The van der Waals surface area contributed by atoms with Gasteiger partial charge in [0.15, 0.2) is 0 Å². The highest BCUT2D eigenvalue weighted by molar-refractivity contribution is 7.89. The van der Waals surface area contributed by atoms with Gasteiger partial charge in [-0.05, 0) is 44.0 Å². The molecule has 0 aliphatic carbocycles. The number of sulfonamides is 1. The van der Waals surface area contributed by atoms with Gasteiger partial charge in [-0.2, -0.15) is 0 Å². The van der Waals surface area contributed by atoms with Gasteiger partial charge in [0.05, 0.1) is 11.0 Å². The van der Waals surface area contributed by atoms with Gasteiger partial charge >= 0.3 is 0 Å². The Kier molecular flexibility index (Phi) is 4.13. The molecule has 106 valence electrons. The molecule has 2 rings (SSSR count). The molecule has 1 aliphatic heterocycles. The van der Waals surface area contributed by atoms with Crippen molar-refractivity contribution in [3.63, 3.8) is 0 Å². The Morgan fingerprint density at radius 1 is 1.42 bits per heavy atom. The van der Waals surface area contributed by atoms with Gasteiger partial charge in [0.2, 0.25) is 10.0 Å². The smallest absolute Gasteiger partial charge is 0.240 e. The third-order valence-corrected chi connectivity index (χ3v) is 4.86. The van der Waals surface area contributed by atoms with Crippen molar-refractivity contribution in [1.82, 2.24) is 4.72 Å². The molecule has 1 saturated heterocycles. The summed E-state index contributed by atoms with van der Waals surface area (Å²) in [5.74, 6) is 0.233. The first-order valence-corrected chi connectivity index (χ1v) is 7.85. The van der Waals surface area contributed by atoms with Crippen molar-refractivity contribution in [1.29, 1.82) is 0 Å². The van der Waals surface area contributed by atoms with Crippen molar-refractivity contribution in [2.45, 2.75) is 31.3 Å². The third-order valence-electron chi connectivity index (χ3n) is 3.45. The minimum atomic E-state index is -3.50. The van der Waals surface area contributed by atoms with Crippen LogP contribution in [0.3, 0.4) is 0 Å². The molecule has 0 spiro atoms. The fourth-order valence-electron chi connectivity index (χ4n) is 2.28. The zero-order chi connectivity index (χ0) is 14.0. The van der Waals surface area contributed by atoms with E-state index < -0.39 is 10.0 Å². The van der Waals surface area contributed by atoms with E-state index >= 15 is 0 Å². The molecule has 0 aromatic heterocycles. The Morgan fingerprint density at radius 2 is 2.16 bits per heavy atom. The maximum absolute atomic E-state index is 12.2. The van der Waals surface area contributed by atoms with Gasteiger partial charge in [-0.1, -0.05) is 0 Å². The standard InChI is InChI=1S/C13H20N2O3S/c1-9-5-12(14)7-13(6-9)19(16,17)15-8-11-3-4-18-10(11)2/h5-7,10-11,15H,3-4,8,14H2,1-2H3. The van der Waals surface area contributed by atoms with Gasteiger partial charge in [0, 0.05) is 24.8 Å². The number of benzene rings is 1. The molecule has 2 unspecified atom stereocenters. The molecule has 6 heteroatoms. The monoisotopic (exact) mass is 284 g/mol. The van der Waals surface area contributed by atoms with Crippen LogP contribution in [0.2, 0.25) is 0 Å². The van der Waals surface area contributed by atoms with Gasteiger partial charge in [-0.15, -0.1) is 0 Å². The first-order valence-electron chi connectivity index (χ1n) is 6.37. The zero-order valence-corrected chi connectivity index (χ0v) is 12.0. The highest BCUT2D eigenvalue weighted by atomic mass is 32.2. The number of anilines is 1. The van der Waals surface area contributed by atoms with E-state index in [2.05, 4.69) is 4.72 Å². The number of ether oxygens (including phenoxy) is 1. The zero-order valence-electron chi connectivity index (χ0n) is 11.2. The first-order chi connectivity index (χ1) is 8.88. The van der Waals surface area contributed by atoms with Gasteiger partial charge in [-0.25, -0.2) is 13.1 Å². The number of hydrogen-bond acceptors (Lipinski definition) is 4. The summed E-state index contributed by atoms with van der Waals surface area (Å²) in [7, 11) is -3.50. The predicted octanol–water partition coefficient (Wildman–Crippen LogP) is 1.28. The summed E-state index contributed by atoms with van der Waals surface area (Å²) in [6.45, 7) is 4.89. The largest absolute Gasteiger partial charge is 0.399 e. The van der Waals surface area contributed by atoms with E-state index in [1.165, 1.54) is 6.07 Å². The number of nitrogens with two attached hydrogens (primary N) is 1. The molecule has 2 atom stereocenters. The van der Waals surface area contributed by atoms with Crippen LogP contribution >= 0.6 is 0 Å². The van der Waals surface area contributed by atoms with Crippen molar-refractivity contribution in [2.24, 2.45) is 5.92 Å². The maximum atomic E-state index is 12.2. The van der Waals surface area contributed by atoms with Crippen molar-refractivity contribution >= 4 is 15.7 Å². The number of aryl methyl sites for hydroxylation is 1. The minimum absolute atomic E-state index is 0.102. The van der Waals surface area contributed by atoms with Gasteiger partial charge in [-0.3, -0.25) is 0 Å². The van der Waals surface area contributed by atoms with Crippen LogP contribution in [0.4, 0.5) is 5.69 Å². The maximum Gasteiger partial charge on any atom is 0.240 e. The lowest BCUT2D eigenvalue weighted by Gasteiger charge is -2.15. The molecule has 1 aromatic carbocycles. The normalized spacial score (nSPS) is 23.7. The van der Waals surface area contributed by atoms with E-state index in [-0.39, 0.29) is 16.9 Å². The van der Waals surface area contributed by atoms with Crippen LogP contribution in [-0.4, -0.2) is 27.7 Å². The quantitative estimate of drug-likeness (QED) is 0.816. The molecule has 5 nitrogen and oxygen atoms in total. The number of rotatable bonds is 4. The van der Waals surface area contributed by atoms with Crippen LogP contribution in [0.1, 0.15) is 18.9 Å². The van der Waals surface area contributed by atoms with Crippen LogP contribution in [0, 0.1) is 12.8 Å². The second-order valence-corrected chi connectivity index (χ2v) is 6.82. The van der Waals surface area contributed by atoms with Gasteiger partial charge in [0.1, 0.15) is 0 Å². The molecular weight excluding hydrogens is 264 g/mol. The Labute approximate surface area is 114 Å². The second kappa shape index (κ2) is 5.48. The topological polar surface area (TPSA) is 81.4 Å². The number of nitrogens with one attached hydrogen (secondary N) is 1. The van der Waals surface area contributed by atoms with Gasteiger partial charge < -0.3 is 10.5 Å². The van der Waals surface area contributed by atoms with Crippen LogP contribution in [0.5, 0.6) is 0 Å². The van der Waals surface area contributed by atoms with E-state index in [0.29, 0.717) is 18.8 Å². The summed E-state index contributed by atoms with van der Waals surface area (Å²) in [6, 6.07) is 4.84. The van der Waals surface area contributed by atoms with Crippen LogP contribution in [-0.2, 0) is 14.8 Å². The lowest BCUT2D eigenvalue weighted by Crippen LogP contribution is -2.32. The summed E-state index contributed by atoms with van der Waals surface area (Å²) < 4.78 is 32.4. The van der Waals surface area contributed by atoms with Crippen molar-refractivity contribution in [2.75, 3.05) is 18.9 Å². The SMILES string of the molecule is Cc1cc(N)cc(S(=O)(=O)NCC2CCOC2C)c1. The number of hydrogen-bond donors (Lipinski definition) is 2. The Morgan fingerprint density at radius 3 is 2.74 bits per heavy atom. The molecule has 19 heavy (non-hydrogen) atoms. The lowest BCUT2D eigenvalue weighted by atomic mass is 10.0. The van der Waals surface area contributed by atoms with Gasteiger partial charge in [0.25, 0.3) is 0 Å². The summed E-state index contributed by atoms with van der Waals surface area (Å²) in [5, 5.41) is 0.